The third-order valence-corrected chi connectivity index (χ3v) is 13.3. The van der Waals surface area contributed by atoms with Crippen LogP contribution in [0.15, 0.2) is 188 Å². The van der Waals surface area contributed by atoms with Gasteiger partial charge in [0.05, 0.1) is 16.8 Å². The van der Waals surface area contributed by atoms with Crippen LogP contribution in [0.25, 0.3) is 61.7 Å². The van der Waals surface area contributed by atoms with Gasteiger partial charge in [-0.05, 0) is 81.1 Å². The lowest BCUT2D eigenvalue weighted by molar-refractivity contribution is 0.433. The Labute approximate surface area is 345 Å². The van der Waals surface area contributed by atoms with Crippen molar-refractivity contribution >= 4 is 5.57 Å². The van der Waals surface area contributed by atoms with Crippen molar-refractivity contribution in [3.63, 3.8) is 0 Å². The zero-order valence-corrected chi connectivity index (χ0v) is 33.0. The summed E-state index contributed by atoms with van der Waals surface area (Å²) in [6, 6.07) is 61.2. The van der Waals surface area contributed by atoms with Crippen molar-refractivity contribution in [1.82, 2.24) is 9.97 Å². The second kappa shape index (κ2) is 12.7. The molecule has 3 aliphatic carbocycles. The van der Waals surface area contributed by atoms with Crippen molar-refractivity contribution in [2.45, 2.75) is 37.5 Å². The van der Waals surface area contributed by atoms with Gasteiger partial charge < -0.3 is 4.74 Å². The summed E-state index contributed by atoms with van der Waals surface area (Å²) < 4.78 is 7.14. The SMILES string of the molecule is CC1(C)c2ccccc2-c2ccc(-c3cc(-c4ccccc4-c4cccc5c4Oc4ccccc4C54C5=C(C=CCC5)c5ccccc54)nc(-c4ccccc4)n3)cc21. The van der Waals surface area contributed by atoms with Crippen molar-refractivity contribution in [2.24, 2.45) is 0 Å². The van der Waals surface area contributed by atoms with Crippen LogP contribution in [0.1, 0.15) is 60.1 Å². The maximum atomic E-state index is 7.14. The fourth-order valence-corrected chi connectivity index (χ4v) is 10.7. The molecule has 0 saturated carbocycles. The Morgan fingerprint density at radius 1 is 0.475 bits per heavy atom. The van der Waals surface area contributed by atoms with E-state index in [2.05, 4.69) is 190 Å². The summed E-state index contributed by atoms with van der Waals surface area (Å²) in [6.45, 7) is 4.66. The van der Waals surface area contributed by atoms with Crippen molar-refractivity contribution < 1.29 is 4.74 Å². The molecule has 0 saturated heterocycles. The standard InChI is InChI=1S/C56H40N2O/c1-55(2)44-25-11-8-20-38(44)41-32-31-36(33-49(41)55)50-34-51(58-54(57-50)35-17-4-3-5-18-35)42-23-7-6-19-37(42)43-24-16-29-48-53(43)59-52-30-15-14-28-47(52)56(48)45-26-12-9-21-39(45)40-22-10-13-27-46(40)56/h3-12,14-26,28-34H,13,27H2,1-2H3. The highest BCUT2D eigenvalue weighted by Gasteiger charge is 2.52. The molecule has 280 valence electrons. The molecule has 12 rings (SSSR count). The molecule has 0 radical (unpaired) electrons. The van der Waals surface area contributed by atoms with E-state index < -0.39 is 5.41 Å². The minimum absolute atomic E-state index is 0.125. The number of hydrogen-bond donors (Lipinski definition) is 0. The monoisotopic (exact) mass is 756 g/mol. The minimum Gasteiger partial charge on any atom is -0.456 e. The van der Waals surface area contributed by atoms with Gasteiger partial charge in [0.25, 0.3) is 0 Å². The van der Waals surface area contributed by atoms with Gasteiger partial charge in [-0.3, -0.25) is 0 Å². The molecule has 1 spiro atoms. The molecular weight excluding hydrogens is 717 g/mol. The number of allylic oxidation sites excluding steroid dienone is 4. The fourth-order valence-electron chi connectivity index (χ4n) is 10.7. The van der Waals surface area contributed by atoms with Gasteiger partial charge in [0.15, 0.2) is 5.82 Å². The zero-order valence-electron chi connectivity index (χ0n) is 33.0. The zero-order chi connectivity index (χ0) is 39.3. The van der Waals surface area contributed by atoms with E-state index in [0.29, 0.717) is 5.82 Å². The van der Waals surface area contributed by atoms with Crippen LogP contribution in [-0.4, -0.2) is 9.97 Å². The first kappa shape index (κ1) is 34.0. The Balaban J connectivity index is 1.07. The minimum atomic E-state index is -0.463. The molecule has 1 unspecified atom stereocenters. The van der Waals surface area contributed by atoms with Crippen molar-refractivity contribution in [1.29, 1.82) is 0 Å². The normalized spacial score (nSPS) is 17.4. The van der Waals surface area contributed by atoms with Gasteiger partial charge >= 0.3 is 0 Å². The second-order valence-corrected chi connectivity index (χ2v) is 16.7. The number of nitrogens with zero attached hydrogens (tertiary/aromatic N) is 2. The molecular formula is C56H40N2O. The van der Waals surface area contributed by atoms with E-state index >= 15 is 0 Å². The number of aromatic nitrogens is 2. The van der Waals surface area contributed by atoms with Crippen LogP contribution in [0.5, 0.6) is 11.5 Å². The number of hydrogen-bond acceptors (Lipinski definition) is 3. The molecule has 0 amide bonds. The van der Waals surface area contributed by atoms with Gasteiger partial charge in [-0.15, -0.1) is 0 Å². The molecule has 59 heavy (non-hydrogen) atoms. The Hall–Kier alpha value is -7.10. The van der Waals surface area contributed by atoms with Gasteiger partial charge in [-0.25, -0.2) is 9.97 Å². The van der Waals surface area contributed by atoms with E-state index in [0.717, 1.165) is 63.5 Å². The van der Waals surface area contributed by atoms with E-state index in [-0.39, 0.29) is 5.41 Å². The molecule has 3 heteroatoms. The van der Waals surface area contributed by atoms with Crippen molar-refractivity contribution in [2.75, 3.05) is 0 Å². The third kappa shape index (κ3) is 4.82. The number of benzene rings is 7. The quantitative estimate of drug-likeness (QED) is 0.179. The van der Waals surface area contributed by atoms with Crippen LogP contribution in [-0.2, 0) is 10.8 Å². The van der Waals surface area contributed by atoms with E-state index in [1.54, 1.807) is 0 Å². The lowest BCUT2D eigenvalue weighted by Crippen LogP contribution is -2.33. The average Bonchev–Trinajstić information content (AvgIpc) is 3.72. The number of ether oxygens (including phenoxy) is 1. The van der Waals surface area contributed by atoms with Crippen LogP contribution in [0.4, 0.5) is 0 Å². The molecule has 1 aliphatic heterocycles. The van der Waals surface area contributed by atoms with Crippen LogP contribution < -0.4 is 4.74 Å². The second-order valence-electron chi connectivity index (χ2n) is 16.7. The Morgan fingerprint density at radius 3 is 1.97 bits per heavy atom. The summed E-state index contributed by atoms with van der Waals surface area (Å²) in [5.74, 6) is 2.50. The Morgan fingerprint density at radius 2 is 1.12 bits per heavy atom. The van der Waals surface area contributed by atoms with E-state index in [1.807, 2.05) is 6.07 Å². The maximum Gasteiger partial charge on any atom is 0.160 e. The van der Waals surface area contributed by atoms with E-state index in [9.17, 15) is 0 Å². The highest BCUT2D eigenvalue weighted by Crippen LogP contribution is 2.64. The summed E-state index contributed by atoms with van der Waals surface area (Å²) in [5.41, 5.74) is 19.5. The summed E-state index contributed by atoms with van der Waals surface area (Å²) >= 11 is 0. The molecule has 1 aromatic heterocycles. The highest BCUT2D eigenvalue weighted by atomic mass is 16.5. The molecule has 7 aromatic carbocycles. The van der Waals surface area contributed by atoms with Gasteiger partial charge in [0, 0.05) is 38.8 Å². The highest BCUT2D eigenvalue weighted by molar-refractivity contribution is 5.95. The molecule has 4 aliphatic rings. The first-order valence-electron chi connectivity index (χ1n) is 20.7. The topological polar surface area (TPSA) is 35.0 Å². The lowest BCUT2D eigenvalue weighted by Gasteiger charge is -2.41. The van der Waals surface area contributed by atoms with Crippen molar-refractivity contribution in [3.8, 4) is 67.7 Å². The summed E-state index contributed by atoms with van der Waals surface area (Å²) in [7, 11) is 0. The van der Waals surface area contributed by atoms with Gasteiger partial charge in [0.2, 0.25) is 0 Å². The van der Waals surface area contributed by atoms with Gasteiger partial charge in [-0.1, -0.05) is 178 Å². The smallest absolute Gasteiger partial charge is 0.160 e. The fraction of sp³-hybridized carbons (Fsp3) is 0.107. The van der Waals surface area contributed by atoms with Crippen LogP contribution in [0, 0.1) is 0 Å². The molecule has 2 heterocycles. The summed E-state index contributed by atoms with van der Waals surface area (Å²) in [4.78, 5) is 10.6. The van der Waals surface area contributed by atoms with E-state index in [1.165, 1.54) is 55.7 Å². The first-order chi connectivity index (χ1) is 29.0. The molecule has 0 N–H and O–H groups in total. The lowest BCUT2D eigenvalue weighted by atomic mass is 9.63. The largest absolute Gasteiger partial charge is 0.456 e. The number of para-hydroxylation sites is 2. The first-order valence-corrected chi connectivity index (χ1v) is 20.7. The summed E-state index contributed by atoms with van der Waals surface area (Å²) in [5, 5.41) is 0. The number of rotatable bonds is 4. The molecule has 8 aromatic rings. The maximum absolute atomic E-state index is 7.14. The molecule has 0 fully saturated rings. The van der Waals surface area contributed by atoms with Crippen LogP contribution in [0.2, 0.25) is 0 Å². The predicted octanol–water partition coefficient (Wildman–Crippen LogP) is 14.0. The number of fused-ring (bicyclic) bond motifs is 11. The van der Waals surface area contributed by atoms with E-state index in [4.69, 9.17) is 14.7 Å². The molecule has 1 atom stereocenters. The van der Waals surface area contributed by atoms with Gasteiger partial charge in [0.1, 0.15) is 11.5 Å². The van der Waals surface area contributed by atoms with Gasteiger partial charge in [-0.2, -0.15) is 0 Å². The Bertz CT molecular complexity index is 3120. The van der Waals surface area contributed by atoms with Crippen LogP contribution in [0.3, 0.4) is 0 Å². The molecule has 0 bridgehead atoms. The Kier molecular flexibility index (Phi) is 7.32. The van der Waals surface area contributed by atoms with Crippen molar-refractivity contribution in [3.05, 3.63) is 221 Å². The summed E-state index contributed by atoms with van der Waals surface area (Å²) in [6.07, 6.45) is 6.69. The average molecular weight is 757 g/mol. The molecule has 3 nitrogen and oxygen atoms in total. The third-order valence-electron chi connectivity index (χ3n) is 13.3. The van der Waals surface area contributed by atoms with Crippen LogP contribution >= 0.6 is 0 Å². The predicted molar refractivity (Wildman–Crippen MR) is 239 cm³/mol.